The van der Waals surface area contributed by atoms with Gasteiger partial charge in [0.25, 0.3) is 0 Å². The van der Waals surface area contributed by atoms with Crippen molar-refractivity contribution in [3.8, 4) is 12.0 Å². The van der Waals surface area contributed by atoms with Crippen LogP contribution in [0.2, 0.25) is 0 Å². The molecule has 0 N–H and O–H groups in total. The molecule has 0 aromatic rings. The Morgan fingerprint density at radius 2 is 1.92 bits per heavy atom. The van der Waals surface area contributed by atoms with Gasteiger partial charge in [-0.3, -0.25) is 0 Å². The average Bonchev–Trinajstić information content (AvgIpc) is 2.76. The molecular weight excluding hydrogens is 152 g/mol. The number of hydrogen-bond acceptors (Lipinski definition) is 2. The van der Waals surface area contributed by atoms with E-state index in [4.69, 9.17) is 9.47 Å². The molecular formula is C10H14O2. The van der Waals surface area contributed by atoms with Gasteiger partial charge in [-0.15, -0.1) is 0 Å². The minimum atomic E-state index is 0.415. The van der Waals surface area contributed by atoms with E-state index in [2.05, 4.69) is 12.0 Å². The molecule has 0 saturated heterocycles. The van der Waals surface area contributed by atoms with E-state index in [0.717, 1.165) is 0 Å². The van der Waals surface area contributed by atoms with E-state index in [9.17, 15) is 0 Å². The molecule has 0 spiro atoms. The molecule has 2 rings (SSSR count). The van der Waals surface area contributed by atoms with E-state index in [1.165, 1.54) is 32.1 Å². The third-order valence-electron chi connectivity index (χ3n) is 2.27. The van der Waals surface area contributed by atoms with Gasteiger partial charge in [0.15, 0.2) is 0 Å². The Hall–Kier alpha value is -0.680. The molecule has 2 aliphatic rings. The quantitative estimate of drug-likeness (QED) is 0.594. The lowest BCUT2D eigenvalue weighted by molar-refractivity contribution is 0.0893. The maximum atomic E-state index is 5.33. The average molecular weight is 166 g/mol. The molecule has 2 heteroatoms. The predicted octanol–water partition coefficient (Wildman–Crippen LogP) is 1.70. The Morgan fingerprint density at radius 3 is 2.50 bits per heavy atom. The van der Waals surface area contributed by atoms with Crippen molar-refractivity contribution in [1.29, 1.82) is 0 Å². The van der Waals surface area contributed by atoms with Crippen molar-refractivity contribution in [3.63, 3.8) is 0 Å². The molecule has 0 atom stereocenters. The number of rotatable bonds is 3. The molecule has 0 heterocycles. The summed E-state index contributed by atoms with van der Waals surface area (Å²) in [5.74, 6) is 2.86. The van der Waals surface area contributed by atoms with E-state index in [0.29, 0.717) is 18.8 Å². The summed E-state index contributed by atoms with van der Waals surface area (Å²) in [6.45, 7) is 0.539. The van der Waals surface area contributed by atoms with E-state index in [1.807, 2.05) is 0 Å². The van der Waals surface area contributed by atoms with Crippen LogP contribution in [0.1, 0.15) is 32.1 Å². The first-order chi connectivity index (χ1) is 5.95. The molecule has 0 amide bonds. The summed E-state index contributed by atoms with van der Waals surface area (Å²) in [6.07, 6.45) is 9.69. The SMILES string of the molecule is C(#COC1CCC1)COC1CC1. The third-order valence-corrected chi connectivity index (χ3v) is 2.27. The number of hydrogen-bond donors (Lipinski definition) is 0. The highest BCUT2D eigenvalue weighted by molar-refractivity contribution is 4.94. The Bertz CT molecular complexity index is 194. The Balaban J connectivity index is 1.50. The van der Waals surface area contributed by atoms with Gasteiger partial charge < -0.3 is 9.47 Å². The molecule has 2 saturated carbocycles. The topological polar surface area (TPSA) is 18.5 Å². The van der Waals surface area contributed by atoms with Crippen LogP contribution < -0.4 is 0 Å². The zero-order valence-electron chi connectivity index (χ0n) is 7.21. The van der Waals surface area contributed by atoms with Crippen molar-refractivity contribution in [2.24, 2.45) is 0 Å². The van der Waals surface area contributed by atoms with Gasteiger partial charge >= 0.3 is 0 Å². The first kappa shape index (κ1) is 7.94. The van der Waals surface area contributed by atoms with Crippen LogP contribution in [0.25, 0.3) is 0 Å². The summed E-state index contributed by atoms with van der Waals surface area (Å²) in [5.41, 5.74) is 0. The van der Waals surface area contributed by atoms with Crippen LogP contribution in [-0.4, -0.2) is 18.8 Å². The molecule has 0 bridgehead atoms. The van der Waals surface area contributed by atoms with Crippen LogP contribution in [0.3, 0.4) is 0 Å². The zero-order chi connectivity index (χ0) is 8.23. The van der Waals surface area contributed by atoms with Gasteiger partial charge in [0.1, 0.15) is 18.8 Å². The second-order valence-electron chi connectivity index (χ2n) is 3.46. The van der Waals surface area contributed by atoms with Crippen LogP contribution in [0.15, 0.2) is 0 Å². The third kappa shape index (κ3) is 2.42. The maximum Gasteiger partial charge on any atom is 0.112 e. The fourth-order valence-corrected chi connectivity index (χ4v) is 1.04. The van der Waals surface area contributed by atoms with Crippen LogP contribution in [0.5, 0.6) is 0 Å². The highest BCUT2D eigenvalue weighted by atomic mass is 16.5. The predicted molar refractivity (Wildman–Crippen MR) is 45.5 cm³/mol. The molecule has 66 valence electrons. The molecule has 12 heavy (non-hydrogen) atoms. The van der Waals surface area contributed by atoms with Gasteiger partial charge in [-0.05, 0) is 38.0 Å². The zero-order valence-corrected chi connectivity index (χ0v) is 7.21. The molecule has 0 aromatic heterocycles. The minimum Gasteiger partial charge on any atom is -0.443 e. The van der Waals surface area contributed by atoms with Crippen LogP contribution in [-0.2, 0) is 9.47 Å². The molecule has 2 fully saturated rings. The maximum absolute atomic E-state index is 5.33. The van der Waals surface area contributed by atoms with E-state index < -0.39 is 0 Å². The molecule has 0 aromatic carbocycles. The normalized spacial score (nSPS) is 22.3. The van der Waals surface area contributed by atoms with Gasteiger partial charge in [-0.2, -0.15) is 0 Å². The summed E-state index contributed by atoms with van der Waals surface area (Å²) < 4.78 is 10.6. The fraction of sp³-hybridized carbons (Fsp3) is 0.800. The highest BCUT2D eigenvalue weighted by Crippen LogP contribution is 2.23. The number of ether oxygens (including phenoxy) is 2. The van der Waals surface area contributed by atoms with Crippen molar-refractivity contribution in [2.45, 2.75) is 44.3 Å². The van der Waals surface area contributed by atoms with Gasteiger partial charge in [0, 0.05) is 0 Å². The summed E-state index contributed by atoms with van der Waals surface area (Å²) in [4.78, 5) is 0. The van der Waals surface area contributed by atoms with E-state index in [-0.39, 0.29) is 0 Å². The molecule has 0 unspecified atom stereocenters. The summed E-state index contributed by atoms with van der Waals surface area (Å²) >= 11 is 0. The second-order valence-corrected chi connectivity index (χ2v) is 3.46. The van der Waals surface area contributed by atoms with Crippen molar-refractivity contribution in [3.05, 3.63) is 0 Å². The van der Waals surface area contributed by atoms with Crippen molar-refractivity contribution in [1.82, 2.24) is 0 Å². The van der Waals surface area contributed by atoms with Crippen molar-refractivity contribution >= 4 is 0 Å². The lowest BCUT2D eigenvalue weighted by atomic mass is 9.96. The van der Waals surface area contributed by atoms with E-state index in [1.54, 1.807) is 0 Å². The Morgan fingerprint density at radius 1 is 1.08 bits per heavy atom. The van der Waals surface area contributed by atoms with Crippen LogP contribution >= 0.6 is 0 Å². The van der Waals surface area contributed by atoms with Gasteiger partial charge in [0.05, 0.1) is 6.10 Å². The lowest BCUT2D eigenvalue weighted by Crippen LogP contribution is -2.19. The summed E-state index contributed by atoms with van der Waals surface area (Å²) in [5, 5.41) is 0. The second kappa shape index (κ2) is 3.82. The van der Waals surface area contributed by atoms with Crippen molar-refractivity contribution < 1.29 is 9.47 Å². The standard InChI is InChI=1S/C10H14O2/c1-3-9(4-1)11-7-2-8-12-10-5-6-10/h9-10H,1,3-6,8H2. The van der Waals surface area contributed by atoms with Gasteiger partial charge in [0.2, 0.25) is 0 Å². The van der Waals surface area contributed by atoms with E-state index >= 15 is 0 Å². The van der Waals surface area contributed by atoms with Gasteiger partial charge in [-0.1, -0.05) is 0 Å². The fourth-order valence-electron chi connectivity index (χ4n) is 1.04. The van der Waals surface area contributed by atoms with Crippen LogP contribution in [0, 0.1) is 12.0 Å². The van der Waals surface area contributed by atoms with Gasteiger partial charge in [-0.25, -0.2) is 0 Å². The highest BCUT2D eigenvalue weighted by Gasteiger charge is 2.21. The summed E-state index contributed by atoms with van der Waals surface area (Å²) in [7, 11) is 0. The molecule has 2 aliphatic carbocycles. The van der Waals surface area contributed by atoms with Crippen molar-refractivity contribution in [2.75, 3.05) is 6.61 Å². The monoisotopic (exact) mass is 166 g/mol. The first-order valence-corrected chi connectivity index (χ1v) is 4.70. The van der Waals surface area contributed by atoms with Crippen LogP contribution in [0.4, 0.5) is 0 Å². The Labute approximate surface area is 73.2 Å². The Kier molecular flexibility index (Phi) is 2.53. The first-order valence-electron chi connectivity index (χ1n) is 4.70. The molecule has 2 nitrogen and oxygen atoms in total. The largest absolute Gasteiger partial charge is 0.443 e. The minimum absolute atomic E-state index is 0.415. The molecule has 0 aliphatic heterocycles. The lowest BCUT2D eigenvalue weighted by Gasteiger charge is -2.22. The molecule has 0 radical (unpaired) electrons. The smallest absolute Gasteiger partial charge is 0.112 e. The summed E-state index contributed by atoms with van der Waals surface area (Å²) in [6, 6.07) is 0.